The van der Waals surface area contributed by atoms with Crippen LogP contribution in [0, 0.1) is 34.5 Å². The summed E-state index contributed by atoms with van der Waals surface area (Å²) in [5, 5.41) is 10.6. The zero-order valence-electron chi connectivity index (χ0n) is 15.9. The quantitative estimate of drug-likeness (QED) is 0.694. The fourth-order valence-electron chi connectivity index (χ4n) is 7.37. The summed E-state index contributed by atoms with van der Waals surface area (Å²) in [5.41, 5.74) is 1.73. The van der Waals surface area contributed by atoms with E-state index in [0.29, 0.717) is 29.0 Å². The maximum Gasteiger partial charge on any atom is 0.133 e. The minimum atomic E-state index is -0.464. The van der Waals surface area contributed by atoms with Crippen molar-refractivity contribution in [1.82, 2.24) is 0 Å². The highest BCUT2D eigenvalue weighted by Gasteiger charge is 2.58. The van der Waals surface area contributed by atoms with E-state index in [2.05, 4.69) is 19.9 Å². The summed E-state index contributed by atoms with van der Waals surface area (Å²) in [5.74, 6) is 2.71. The summed E-state index contributed by atoms with van der Waals surface area (Å²) in [6.45, 7) is 8.70. The third-order valence-corrected chi connectivity index (χ3v) is 8.80. The number of carbonyl (C=O) groups excluding carboxylic acids is 1. The van der Waals surface area contributed by atoms with Gasteiger partial charge < -0.3 is 5.11 Å². The van der Waals surface area contributed by atoms with Crippen LogP contribution < -0.4 is 0 Å². The topological polar surface area (TPSA) is 37.3 Å². The highest BCUT2D eigenvalue weighted by Crippen LogP contribution is 2.66. The Morgan fingerprint density at radius 1 is 1.12 bits per heavy atom. The van der Waals surface area contributed by atoms with Gasteiger partial charge in [-0.2, -0.15) is 0 Å². The summed E-state index contributed by atoms with van der Waals surface area (Å²) >= 11 is 0. The molecule has 4 rings (SSSR count). The monoisotopic (exact) mass is 330 g/mol. The van der Waals surface area contributed by atoms with Gasteiger partial charge in [0, 0.05) is 5.92 Å². The number of carbonyl (C=O) groups is 1. The van der Waals surface area contributed by atoms with Gasteiger partial charge in [0.15, 0.2) is 0 Å². The third kappa shape index (κ3) is 2.21. The molecule has 0 aromatic rings. The van der Waals surface area contributed by atoms with Crippen molar-refractivity contribution in [2.24, 2.45) is 34.5 Å². The molecule has 24 heavy (non-hydrogen) atoms. The largest absolute Gasteiger partial charge is 0.390 e. The minimum Gasteiger partial charge on any atom is -0.390 e. The van der Waals surface area contributed by atoms with Crippen LogP contribution in [0.3, 0.4) is 0 Å². The first kappa shape index (κ1) is 16.8. The van der Waals surface area contributed by atoms with Gasteiger partial charge in [0.05, 0.1) is 5.60 Å². The van der Waals surface area contributed by atoms with Crippen LogP contribution in [0.25, 0.3) is 0 Å². The molecule has 2 nitrogen and oxygen atoms in total. The molecule has 4 aliphatic rings. The van der Waals surface area contributed by atoms with Gasteiger partial charge >= 0.3 is 0 Å². The van der Waals surface area contributed by atoms with Gasteiger partial charge in [-0.25, -0.2) is 0 Å². The number of Topliss-reactive ketones (excluding diaryl/α,β-unsaturated/α-hetero) is 1. The van der Waals surface area contributed by atoms with Crippen LogP contribution >= 0.6 is 0 Å². The molecular weight excluding hydrogens is 296 g/mol. The number of rotatable bonds is 1. The second-order valence-electron chi connectivity index (χ2n) is 10.2. The molecule has 2 heteroatoms. The number of hydrogen-bond donors (Lipinski definition) is 1. The highest BCUT2D eigenvalue weighted by atomic mass is 16.3. The summed E-state index contributed by atoms with van der Waals surface area (Å²) < 4.78 is 0. The second-order valence-corrected chi connectivity index (χ2v) is 10.2. The Bertz CT molecular complexity index is 589. The Kier molecular flexibility index (Phi) is 3.64. The number of aliphatic hydroxyl groups is 1. The molecule has 4 aliphatic carbocycles. The zero-order chi connectivity index (χ0) is 17.3. The molecule has 0 saturated heterocycles. The number of hydrogen-bond acceptors (Lipinski definition) is 2. The fourth-order valence-corrected chi connectivity index (χ4v) is 7.37. The maximum absolute atomic E-state index is 12.2. The van der Waals surface area contributed by atoms with Gasteiger partial charge in [0.1, 0.15) is 5.78 Å². The van der Waals surface area contributed by atoms with Gasteiger partial charge in [-0.05, 0) is 93.8 Å². The van der Waals surface area contributed by atoms with Crippen LogP contribution in [0.5, 0.6) is 0 Å². The number of fused-ring (bicyclic) bond motifs is 5. The predicted octanol–water partition coefficient (Wildman–Crippen LogP) is 4.91. The lowest BCUT2D eigenvalue weighted by Crippen LogP contribution is -2.51. The molecule has 0 amide bonds. The number of allylic oxidation sites excluding steroid dienone is 2. The molecular formula is C22H34O2. The molecule has 134 valence electrons. The SMILES string of the molecule is CC(=O)[C@H]1CC[C@H]2[C@@H]3CC[C@@H]4C[C@](C)(O)CC[C@]4(C)C3=CC[C@]12C. The average molecular weight is 331 g/mol. The van der Waals surface area contributed by atoms with Crippen LogP contribution in [0.2, 0.25) is 0 Å². The number of ketones is 1. The molecule has 7 atom stereocenters. The van der Waals surface area contributed by atoms with Gasteiger partial charge in [0.25, 0.3) is 0 Å². The molecule has 3 saturated carbocycles. The predicted molar refractivity (Wildman–Crippen MR) is 96.5 cm³/mol. The van der Waals surface area contributed by atoms with Crippen molar-refractivity contribution in [3.05, 3.63) is 11.6 Å². The van der Waals surface area contributed by atoms with Gasteiger partial charge in [0.2, 0.25) is 0 Å². The van der Waals surface area contributed by atoms with E-state index < -0.39 is 5.60 Å². The van der Waals surface area contributed by atoms with Crippen molar-refractivity contribution in [1.29, 1.82) is 0 Å². The van der Waals surface area contributed by atoms with Crippen molar-refractivity contribution in [3.8, 4) is 0 Å². The molecule has 0 unspecified atom stereocenters. The van der Waals surface area contributed by atoms with Crippen molar-refractivity contribution >= 4 is 5.78 Å². The van der Waals surface area contributed by atoms with E-state index >= 15 is 0 Å². The Hall–Kier alpha value is -0.630. The summed E-state index contributed by atoms with van der Waals surface area (Å²) in [4.78, 5) is 12.2. The van der Waals surface area contributed by atoms with Crippen LogP contribution in [0.1, 0.15) is 79.1 Å². The Morgan fingerprint density at radius 3 is 2.58 bits per heavy atom. The molecule has 1 N–H and O–H groups in total. The maximum atomic E-state index is 12.2. The zero-order valence-corrected chi connectivity index (χ0v) is 15.9. The van der Waals surface area contributed by atoms with Crippen LogP contribution in [0.15, 0.2) is 11.6 Å². The lowest BCUT2D eigenvalue weighted by molar-refractivity contribution is -0.125. The van der Waals surface area contributed by atoms with Crippen LogP contribution in [0.4, 0.5) is 0 Å². The second kappa shape index (κ2) is 5.19. The van der Waals surface area contributed by atoms with Crippen LogP contribution in [-0.4, -0.2) is 16.5 Å². The van der Waals surface area contributed by atoms with Gasteiger partial charge in [-0.3, -0.25) is 4.79 Å². The Morgan fingerprint density at radius 2 is 1.88 bits per heavy atom. The van der Waals surface area contributed by atoms with Crippen molar-refractivity contribution in [3.63, 3.8) is 0 Å². The molecule has 0 aromatic heterocycles. The minimum absolute atomic E-state index is 0.198. The van der Waals surface area contributed by atoms with Gasteiger partial charge in [-0.1, -0.05) is 25.5 Å². The summed E-state index contributed by atoms with van der Waals surface area (Å²) in [7, 11) is 0. The normalized spacial score (nSPS) is 53.6. The third-order valence-electron chi connectivity index (χ3n) is 8.80. The van der Waals surface area contributed by atoms with E-state index in [1.54, 1.807) is 12.5 Å². The first-order valence-corrected chi connectivity index (χ1v) is 10.1. The van der Waals surface area contributed by atoms with Crippen molar-refractivity contribution in [2.45, 2.75) is 84.7 Å². The molecule has 3 fully saturated rings. The van der Waals surface area contributed by atoms with E-state index in [1.165, 1.54) is 19.3 Å². The smallest absolute Gasteiger partial charge is 0.133 e. The molecule has 0 radical (unpaired) electrons. The molecule has 0 aromatic carbocycles. The average Bonchev–Trinajstić information content (AvgIpc) is 2.85. The van der Waals surface area contributed by atoms with Crippen molar-refractivity contribution < 1.29 is 9.90 Å². The standard InChI is InChI=1S/C22H34O2/c1-14(23)17-7-8-18-16-6-5-15-13-20(2,24)11-12-21(15,3)19(16)9-10-22(17,18)4/h9,15-18,24H,5-8,10-13H2,1-4H3/t15-,16+,17-,18+,20-,21+,22-/m1/s1. The van der Waals surface area contributed by atoms with E-state index in [0.717, 1.165) is 32.1 Å². The molecule has 0 aliphatic heterocycles. The first-order valence-electron chi connectivity index (χ1n) is 10.1. The lowest BCUT2D eigenvalue weighted by atomic mass is 9.47. The van der Waals surface area contributed by atoms with E-state index in [4.69, 9.17) is 0 Å². The fraction of sp³-hybridized carbons (Fsp3) is 0.864. The van der Waals surface area contributed by atoms with E-state index in [9.17, 15) is 9.90 Å². The van der Waals surface area contributed by atoms with Gasteiger partial charge in [-0.15, -0.1) is 0 Å². The Balaban J connectivity index is 1.68. The molecule has 0 bridgehead atoms. The molecule has 0 spiro atoms. The van der Waals surface area contributed by atoms with E-state index in [-0.39, 0.29) is 11.3 Å². The highest BCUT2D eigenvalue weighted by molar-refractivity contribution is 5.79. The van der Waals surface area contributed by atoms with Crippen LogP contribution in [-0.2, 0) is 4.79 Å². The molecule has 0 heterocycles. The lowest BCUT2D eigenvalue weighted by Gasteiger charge is -2.58. The summed E-state index contributed by atoms with van der Waals surface area (Å²) in [6.07, 6.45) is 11.5. The van der Waals surface area contributed by atoms with Crippen molar-refractivity contribution in [2.75, 3.05) is 0 Å². The Labute approximate surface area is 147 Å². The summed E-state index contributed by atoms with van der Waals surface area (Å²) in [6, 6.07) is 0. The first-order chi connectivity index (χ1) is 11.2. The van der Waals surface area contributed by atoms with E-state index in [1.807, 2.05) is 6.92 Å².